The Balaban J connectivity index is 3.56. The van der Waals surface area contributed by atoms with Crippen LogP contribution in [0.3, 0.4) is 0 Å². The van der Waals surface area contributed by atoms with Crippen LogP contribution in [-0.4, -0.2) is 18.0 Å². The zero-order chi connectivity index (χ0) is 8.15. The lowest BCUT2D eigenvalue weighted by Crippen LogP contribution is -2.43. The topological polar surface area (TPSA) is 55.1 Å². The first-order chi connectivity index (χ1) is 4.57. The molecule has 2 atom stereocenters. The van der Waals surface area contributed by atoms with Crippen LogP contribution in [0.15, 0.2) is 0 Å². The van der Waals surface area contributed by atoms with Crippen LogP contribution < -0.4 is 11.1 Å². The second-order valence-electron chi connectivity index (χ2n) is 2.60. The summed E-state index contributed by atoms with van der Waals surface area (Å²) in [4.78, 5) is 10.5. The van der Waals surface area contributed by atoms with Crippen molar-refractivity contribution in [3.8, 4) is 0 Å². The molecule has 0 fully saturated rings. The highest BCUT2D eigenvalue weighted by Crippen LogP contribution is 1.90. The molecule has 10 heavy (non-hydrogen) atoms. The van der Waals surface area contributed by atoms with Gasteiger partial charge in [-0.2, -0.15) is 0 Å². The Bertz CT molecular complexity index is 114. The fourth-order valence-electron chi connectivity index (χ4n) is 0.627. The van der Waals surface area contributed by atoms with E-state index in [4.69, 9.17) is 5.73 Å². The number of primary amides is 1. The van der Waals surface area contributed by atoms with Gasteiger partial charge in [-0.1, -0.05) is 6.92 Å². The third kappa shape index (κ3) is 3.45. The molecule has 3 nitrogen and oxygen atoms in total. The van der Waals surface area contributed by atoms with Gasteiger partial charge in [0.05, 0.1) is 6.04 Å². The van der Waals surface area contributed by atoms with Crippen molar-refractivity contribution in [2.45, 2.75) is 39.3 Å². The molecular weight excluding hydrogens is 128 g/mol. The van der Waals surface area contributed by atoms with Gasteiger partial charge in [0.2, 0.25) is 5.91 Å². The Labute approximate surface area is 62.0 Å². The molecule has 0 saturated heterocycles. The van der Waals surface area contributed by atoms with Crippen LogP contribution in [0.1, 0.15) is 27.2 Å². The number of hydrogen-bond donors (Lipinski definition) is 2. The minimum absolute atomic E-state index is 0.213. The summed E-state index contributed by atoms with van der Waals surface area (Å²) in [6.07, 6.45) is 1.01. The van der Waals surface area contributed by atoms with Crippen molar-refractivity contribution in [2.24, 2.45) is 5.73 Å². The average molecular weight is 144 g/mol. The third-order valence-corrected chi connectivity index (χ3v) is 1.57. The summed E-state index contributed by atoms with van der Waals surface area (Å²) in [5, 5.41) is 3.05. The molecule has 0 saturated carbocycles. The van der Waals surface area contributed by atoms with E-state index in [-0.39, 0.29) is 11.9 Å². The van der Waals surface area contributed by atoms with Gasteiger partial charge < -0.3 is 11.1 Å². The van der Waals surface area contributed by atoms with Crippen molar-refractivity contribution in [3.63, 3.8) is 0 Å². The van der Waals surface area contributed by atoms with E-state index < -0.39 is 0 Å². The summed E-state index contributed by atoms with van der Waals surface area (Å²) in [7, 11) is 0. The fraction of sp³-hybridized carbons (Fsp3) is 0.857. The summed E-state index contributed by atoms with van der Waals surface area (Å²) >= 11 is 0. The van der Waals surface area contributed by atoms with Crippen molar-refractivity contribution < 1.29 is 4.79 Å². The fourth-order valence-corrected chi connectivity index (χ4v) is 0.627. The van der Waals surface area contributed by atoms with Crippen LogP contribution in [0.4, 0.5) is 0 Å². The molecule has 0 aliphatic carbocycles. The van der Waals surface area contributed by atoms with Crippen molar-refractivity contribution in [3.05, 3.63) is 0 Å². The quantitative estimate of drug-likeness (QED) is 0.594. The number of hydrogen-bond acceptors (Lipinski definition) is 2. The van der Waals surface area contributed by atoms with Crippen molar-refractivity contribution in [1.82, 2.24) is 5.32 Å². The normalized spacial score (nSPS) is 16.3. The number of amides is 1. The van der Waals surface area contributed by atoms with Gasteiger partial charge >= 0.3 is 0 Å². The average Bonchev–Trinajstić information content (AvgIpc) is 1.87. The minimum atomic E-state index is -0.291. The van der Waals surface area contributed by atoms with Crippen LogP contribution >= 0.6 is 0 Å². The van der Waals surface area contributed by atoms with Gasteiger partial charge in [-0.3, -0.25) is 4.79 Å². The number of nitrogens with two attached hydrogens (primary N) is 1. The number of carbonyl (C=O) groups is 1. The predicted molar refractivity (Wildman–Crippen MR) is 41.5 cm³/mol. The molecule has 1 amide bonds. The lowest BCUT2D eigenvalue weighted by Gasteiger charge is -2.15. The van der Waals surface area contributed by atoms with Crippen molar-refractivity contribution >= 4 is 5.91 Å². The van der Waals surface area contributed by atoms with E-state index in [1.807, 2.05) is 6.92 Å². The van der Waals surface area contributed by atoms with E-state index in [1.54, 1.807) is 6.92 Å². The molecule has 0 aliphatic rings. The van der Waals surface area contributed by atoms with Crippen LogP contribution in [0.2, 0.25) is 0 Å². The Kier molecular flexibility index (Phi) is 4.03. The maximum Gasteiger partial charge on any atom is 0.234 e. The van der Waals surface area contributed by atoms with Gasteiger partial charge in [0.15, 0.2) is 0 Å². The molecule has 60 valence electrons. The predicted octanol–water partition coefficient (Wildman–Crippen LogP) is 0.248. The van der Waals surface area contributed by atoms with Gasteiger partial charge in [-0.25, -0.2) is 0 Å². The van der Waals surface area contributed by atoms with Gasteiger partial charge in [-0.05, 0) is 20.3 Å². The molecule has 3 N–H and O–H groups in total. The smallest absolute Gasteiger partial charge is 0.234 e. The van der Waals surface area contributed by atoms with Crippen LogP contribution in [0, 0.1) is 0 Å². The zero-order valence-corrected chi connectivity index (χ0v) is 6.85. The van der Waals surface area contributed by atoms with E-state index in [0.29, 0.717) is 6.04 Å². The summed E-state index contributed by atoms with van der Waals surface area (Å²) in [6, 6.07) is 0.150. The van der Waals surface area contributed by atoms with Crippen LogP contribution in [0.5, 0.6) is 0 Å². The molecule has 0 rings (SSSR count). The Morgan fingerprint density at radius 1 is 1.60 bits per heavy atom. The Morgan fingerprint density at radius 3 is 2.40 bits per heavy atom. The summed E-state index contributed by atoms with van der Waals surface area (Å²) in [5.74, 6) is -0.291. The van der Waals surface area contributed by atoms with E-state index in [9.17, 15) is 4.79 Å². The molecule has 0 aromatic heterocycles. The second kappa shape index (κ2) is 4.28. The minimum Gasteiger partial charge on any atom is -0.368 e. The molecule has 0 bridgehead atoms. The lowest BCUT2D eigenvalue weighted by molar-refractivity contribution is -0.119. The first-order valence-corrected chi connectivity index (χ1v) is 3.63. The highest BCUT2D eigenvalue weighted by molar-refractivity contribution is 5.79. The number of rotatable bonds is 4. The van der Waals surface area contributed by atoms with E-state index in [2.05, 4.69) is 12.2 Å². The molecule has 0 radical (unpaired) electrons. The van der Waals surface area contributed by atoms with Crippen molar-refractivity contribution in [2.75, 3.05) is 0 Å². The number of carbonyl (C=O) groups excluding carboxylic acids is 1. The third-order valence-electron chi connectivity index (χ3n) is 1.57. The van der Waals surface area contributed by atoms with Gasteiger partial charge in [0.25, 0.3) is 0 Å². The standard InChI is InChI=1S/C7H16N2O/c1-4-5(2)9-6(3)7(8)10/h5-6,9H,4H2,1-3H3,(H2,8,10). The molecule has 0 aromatic carbocycles. The number of nitrogens with one attached hydrogen (secondary N) is 1. The van der Waals surface area contributed by atoms with E-state index in [0.717, 1.165) is 6.42 Å². The van der Waals surface area contributed by atoms with Crippen LogP contribution in [0.25, 0.3) is 0 Å². The molecule has 0 heterocycles. The SMILES string of the molecule is CCC(C)NC(C)C(N)=O. The molecule has 0 aliphatic heterocycles. The van der Waals surface area contributed by atoms with Gasteiger partial charge in [-0.15, -0.1) is 0 Å². The van der Waals surface area contributed by atoms with Gasteiger partial charge in [0.1, 0.15) is 0 Å². The highest BCUT2D eigenvalue weighted by Gasteiger charge is 2.09. The zero-order valence-electron chi connectivity index (χ0n) is 6.85. The Hall–Kier alpha value is -0.570. The molecule has 0 aromatic rings. The monoisotopic (exact) mass is 144 g/mol. The summed E-state index contributed by atoms with van der Waals surface area (Å²) in [6.45, 7) is 5.86. The molecule has 3 heteroatoms. The van der Waals surface area contributed by atoms with Crippen molar-refractivity contribution in [1.29, 1.82) is 0 Å². The highest BCUT2D eigenvalue weighted by atomic mass is 16.1. The molecular formula is C7H16N2O. The molecule has 0 spiro atoms. The largest absolute Gasteiger partial charge is 0.368 e. The molecule has 2 unspecified atom stereocenters. The van der Waals surface area contributed by atoms with E-state index >= 15 is 0 Å². The van der Waals surface area contributed by atoms with E-state index in [1.165, 1.54) is 0 Å². The maximum atomic E-state index is 10.5. The summed E-state index contributed by atoms with van der Waals surface area (Å²) in [5.41, 5.74) is 5.04. The maximum absolute atomic E-state index is 10.5. The first-order valence-electron chi connectivity index (χ1n) is 3.63. The first kappa shape index (κ1) is 9.43. The van der Waals surface area contributed by atoms with Gasteiger partial charge in [0, 0.05) is 6.04 Å². The van der Waals surface area contributed by atoms with Crippen LogP contribution in [-0.2, 0) is 4.79 Å². The Morgan fingerprint density at radius 2 is 2.10 bits per heavy atom. The second-order valence-corrected chi connectivity index (χ2v) is 2.60. The summed E-state index contributed by atoms with van der Waals surface area (Å²) < 4.78 is 0. The lowest BCUT2D eigenvalue weighted by atomic mass is 10.2.